The molecule has 8 nitrogen and oxygen atoms in total. The molecule has 2 aromatic heterocycles. The van der Waals surface area contributed by atoms with Crippen LogP contribution in [0.2, 0.25) is 0 Å². The van der Waals surface area contributed by atoms with Crippen molar-refractivity contribution in [1.82, 2.24) is 23.6 Å². The highest BCUT2D eigenvalue weighted by Gasteiger charge is 2.24. The lowest BCUT2D eigenvalue weighted by Crippen LogP contribution is -2.46. The zero-order valence-corrected chi connectivity index (χ0v) is 18.5. The molecule has 0 N–H and O–H groups in total. The number of anilines is 1. The van der Waals surface area contributed by atoms with Crippen LogP contribution in [0.5, 0.6) is 0 Å². The van der Waals surface area contributed by atoms with Gasteiger partial charge in [0.05, 0.1) is 12.2 Å². The molecule has 4 rings (SSSR count). The Morgan fingerprint density at radius 2 is 1.71 bits per heavy atom. The molecule has 1 aliphatic rings. The molecule has 9 heteroatoms. The fourth-order valence-electron chi connectivity index (χ4n) is 4.23. The number of imidazole rings is 1. The Bertz CT molecular complexity index is 1220. The number of hydrogen-bond acceptors (Lipinski definition) is 5. The molecule has 31 heavy (non-hydrogen) atoms. The number of hydrogen-bond donors (Lipinski definition) is 0. The zero-order valence-electron chi connectivity index (χ0n) is 18.5. The smallest absolute Gasteiger partial charge is 0.332 e. The van der Waals surface area contributed by atoms with Crippen molar-refractivity contribution in [3.63, 3.8) is 0 Å². The van der Waals surface area contributed by atoms with Crippen molar-refractivity contribution in [2.45, 2.75) is 26.9 Å². The lowest BCUT2D eigenvalue weighted by molar-refractivity contribution is 0.239. The van der Waals surface area contributed by atoms with Crippen molar-refractivity contribution < 1.29 is 4.39 Å². The monoisotopic (exact) mass is 428 g/mol. The van der Waals surface area contributed by atoms with Gasteiger partial charge in [0.1, 0.15) is 11.6 Å². The summed E-state index contributed by atoms with van der Waals surface area (Å²) in [6.45, 7) is 8.35. The van der Waals surface area contributed by atoms with E-state index in [0.717, 1.165) is 23.5 Å². The number of para-hydroxylation sites is 1. The molecule has 0 amide bonds. The maximum absolute atomic E-state index is 14.1. The maximum Gasteiger partial charge on any atom is 0.332 e. The zero-order chi connectivity index (χ0) is 22.3. The molecule has 0 aliphatic carbocycles. The first-order valence-electron chi connectivity index (χ1n) is 10.6. The van der Waals surface area contributed by atoms with E-state index in [9.17, 15) is 14.0 Å². The maximum atomic E-state index is 14.1. The van der Waals surface area contributed by atoms with Crippen molar-refractivity contribution in [3.8, 4) is 0 Å². The van der Waals surface area contributed by atoms with Crippen molar-refractivity contribution in [2.24, 2.45) is 20.0 Å². The van der Waals surface area contributed by atoms with Gasteiger partial charge in [0.2, 0.25) is 0 Å². The van der Waals surface area contributed by atoms with E-state index >= 15 is 0 Å². The van der Waals surface area contributed by atoms with Crippen molar-refractivity contribution >= 4 is 16.9 Å². The predicted molar refractivity (Wildman–Crippen MR) is 119 cm³/mol. The van der Waals surface area contributed by atoms with E-state index in [-0.39, 0.29) is 17.1 Å². The number of piperazine rings is 1. The van der Waals surface area contributed by atoms with Crippen LogP contribution in [0.3, 0.4) is 0 Å². The molecule has 1 fully saturated rings. The van der Waals surface area contributed by atoms with E-state index in [1.165, 1.54) is 17.7 Å². The van der Waals surface area contributed by atoms with E-state index < -0.39 is 0 Å². The minimum Gasteiger partial charge on any atom is -0.367 e. The Balaban J connectivity index is 1.62. The highest BCUT2D eigenvalue weighted by atomic mass is 19.1. The average molecular weight is 429 g/mol. The molecule has 0 unspecified atom stereocenters. The van der Waals surface area contributed by atoms with Gasteiger partial charge in [0.15, 0.2) is 11.2 Å². The molecule has 0 spiro atoms. The fourth-order valence-corrected chi connectivity index (χ4v) is 4.23. The summed E-state index contributed by atoms with van der Waals surface area (Å²) in [6.07, 6.45) is 0. The first-order chi connectivity index (χ1) is 14.8. The number of rotatable bonds is 5. The van der Waals surface area contributed by atoms with E-state index in [4.69, 9.17) is 4.98 Å². The summed E-state index contributed by atoms with van der Waals surface area (Å²) in [7, 11) is 3.15. The number of benzene rings is 1. The molecule has 1 aromatic carbocycles. The lowest BCUT2D eigenvalue weighted by atomic mass is 10.2. The number of aromatic nitrogens is 4. The second-order valence-corrected chi connectivity index (χ2v) is 8.63. The third kappa shape index (κ3) is 3.89. The molecule has 1 saturated heterocycles. The van der Waals surface area contributed by atoms with Crippen LogP contribution in [0.25, 0.3) is 11.2 Å². The van der Waals surface area contributed by atoms with Crippen LogP contribution in [-0.4, -0.2) is 49.8 Å². The van der Waals surface area contributed by atoms with Crippen molar-refractivity contribution in [3.05, 3.63) is 56.7 Å². The van der Waals surface area contributed by atoms with Gasteiger partial charge in [-0.3, -0.25) is 18.8 Å². The van der Waals surface area contributed by atoms with Gasteiger partial charge in [-0.2, -0.15) is 0 Å². The second kappa shape index (κ2) is 8.30. The Kier molecular flexibility index (Phi) is 5.70. The lowest BCUT2D eigenvalue weighted by Gasteiger charge is -2.36. The molecule has 1 aliphatic heterocycles. The second-order valence-electron chi connectivity index (χ2n) is 8.63. The molecule has 0 radical (unpaired) electrons. The van der Waals surface area contributed by atoms with Crippen molar-refractivity contribution in [1.29, 1.82) is 0 Å². The van der Waals surface area contributed by atoms with Crippen LogP contribution in [0.1, 0.15) is 19.7 Å². The summed E-state index contributed by atoms with van der Waals surface area (Å²) in [4.78, 5) is 34.3. The third-order valence-corrected chi connectivity index (χ3v) is 5.91. The molecule has 0 saturated carbocycles. The Hall–Kier alpha value is -2.94. The van der Waals surface area contributed by atoms with E-state index in [1.54, 1.807) is 13.1 Å². The number of fused-ring (bicyclic) bond motifs is 1. The molecule has 0 bridgehead atoms. The Morgan fingerprint density at radius 1 is 1.03 bits per heavy atom. The molecular weight excluding hydrogens is 399 g/mol. The van der Waals surface area contributed by atoms with Crippen LogP contribution in [0.4, 0.5) is 10.1 Å². The summed E-state index contributed by atoms with van der Waals surface area (Å²) in [5, 5.41) is 0. The summed E-state index contributed by atoms with van der Waals surface area (Å²) < 4.78 is 18.7. The van der Waals surface area contributed by atoms with Gasteiger partial charge >= 0.3 is 5.69 Å². The summed E-state index contributed by atoms with van der Waals surface area (Å²) in [5.41, 5.74) is 0.832. The van der Waals surface area contributed by atoms with Crippen LogP contribution in [-0.2, 0) is 27.2 Å². The van der Waals surface area contributed by atoms with Gasteiger partial charge in [-0.05, 0) is 18.1 Å². The highest BCUT2D eigenvalue weighted by Crippen LogP contribution is 2.21. The molecule has 0 atom stereocenters. The van der Waals surface area contributed by atoms with Crippen LogP contribution < -0.4 is 16.1 Å². The van der Waals surface area contributed by atoms with Crippen LogP contribution in [0.15, 0.2) is 33.9 Å². The minimum absolute atomic E-state index is 0.202. The van der Waals surface area contributed by atoms with Gasteiger partial charge in [-0.1, -0.05) is 26.0 Å². The third-order valence-electron chi connectivity index (χ3n) is 5.91. The Labute approximate surface area is 180 Å². The Morgan fingerprint density at radius 3 is 2.35 bits per heavy atom. The molecular formula is C22H29FN6O2. The number of aryl methyl sites for hydroxylation is 1. The fraction of sp³-hybridized carbons (Fsp3) is 0.500. The predicted octanol–water partition coefficient (Wildman–Crippen LogP) is 1.55. The highest BCUT2D eigenvalue weighted by molar-refractivity contribution is 5.71. The summed E-state index contributed by atoms with van der Waals surface area (Å²) in [6, 6.07) is 6.85. The van der Waals surface area contributed by atoms with Gasteiger partial charge < -0.3 is 9.47 Å². The molecule has 3 aromatic rings. The van der Waals surface area contributed by atoms with Gasteiger partial charge in [-0.25, -0.2) is 14.2 Å². The quantitative estimate of drug-likeness (QED) is 0.617. The summed E-state index contributed by atoms with van der Waals surface area (Å²) >= 11 is 0. The molecule has 166 valence electrons. The SMILES string of the molecule is CC(C)Cn1c(CN2CCN(c3ccccc3F)CC2)nc2c1c(=O)n(C)c(=O)n2C. The number of nitrogens with zero attached hydrogens (tertiary/aromatic N) is 6. The average Bonchev–Trinajstić information content (AvgIpc) is 3.09. The first-order valence-corrected chi connectivity index (χ1v) is 10.6. The topological polar surface area (TPSA) is 68.3 Å². The summed E-state index contributed by atoms with van der Waals surface area (Å²) in [5.74, 6) is 0.892. The van der Waals surface area contributed by atoms with Crippen LogP contribution in [0, 0.1) is 11.7 Å². The van der Waals surface area contributed by atoms with Crippen LogP contribution >= 0.6 is 0 Å². The van der Waals surface area contributed by atoms with E-state index in [2.05, 4.69) is 23.6 Å². The minimum atomic E-state index is -0.378. The van der Waals surface area contributed by atoms with Crippen molar-refractivity contribution in [2.75, 3.05) is 31.1 Å². The largest absolute Gasteiger partial charge is 0.367 e. The van der Waals surface area contributed by atoms with Gasteiger partial charge in [0.25, 0.3) is 5.56 Å². The van der Waals surface area contributed by atoms with E-state index in [0.29, 0.717) is 48.9 Å². The van der Waals surface area contributed by atoms with Gasteiger partial charge in [0, 0.05) is 46.8 Å². The normalized spacial score (nSPS) is 15.4. The number of halogens is 1. The van der Waals surface area contributed by atoms with Gasteiger partial charge in [-0.15, -0.1) is 0 Å². The molecule has 3 heterocycles. The van der Waals surface area contributed by atoms with E-state index in [1.807, 2.05) is 16.7 Å². The first kappa shape index (κ1) is 21.3. The standard InChI is InChI=1S/C22H29FN6O2/c1-15(2)13-29-18(24-20-19(29)21(30)26(4)22(31)25(20)3)14-27-9-11-28(12-10-27)17-8-6-5-7-16(17)23/h5-8,15H,9-14H2,1-4H3.